The van der Waals surface area contributed by atoms with E-state index in [0.717, 1.165) is 32.5 Å². The number of carbonyl (C=O) groups is 2. The van der Waals surface area contributed by atoms with Gasteiger partial charge in [-0.15, -0.1) is 0 Å². The number of esters is 1. The highest BCUT2D eigenvalue weighted by Gasteiger charge is 2.32. The van der Waals surface area contributed by atoms with Gasteiger partial charge < -0.3 is 14.0 Å². The summed E-state index contributed by atoms with van der Waals surface area (Å²) in [7, 11) is 0. The van der Waals surface area contributed by atoms with Gasteiger partial charge in [0.1, 0.15) is 18.0 Å². The fourth-order valence-electron chi connectivity index (χ4n) is 4.42. The number of carbonyl (C=O) groups excluding carboxylic acids is 2. The molecule has 172 valence electrons. The smallest absolute Gasteiger partial charge is 0.326 e. The van der Waals surface area contributed by atoms with Crippen LogP contribution in [0.5, 0.6) is 11.5 Å². The molecule has 0 spiro atoms. The second kappa shape index (κ2) is 8.91. The summed E-state index contributed by atoms with van der Waals surface area (Å²) in [4.78, 5) is 31.2. The number of rotatable bonds is 4. The molecule has 0 atom stereocenters. The number of aromatic nitrogens is 1. The SMILES string of the molecule is CCOC(=O)Cn1c(=NC(=O)C2c3ccccc3Oc3ccccc32)sc2c(C)cc(C)cc21. The van der Waals surface area contributed by atoms with Crippen molar-refractivity contribution in [3.63, 3.8) is 0 Å². The highest BCUT2D eigenvalue weighted by atomic mass is 32.1. The zero-order valence-corrected chi connectivity index (χ0v) is 20.0. The summed E-state index contributed by atoms with van der Waals surface area (Å²) < 4.78 is 14.0. The van der Waals surface area contributed by atoms with Gasteiger partial charge in [0, 0.05) is 11.1 Å². The van der Waals surface area contributed by atoms with Crippen LogP contribution < -0.4 is 9.54 Å². The lowest BCUT2D eigenvalue weighted by Gasteiger charge is -2.25. The van der Waals surface area contributed by atoms with Gasteiger partial charge in [0.05, 0.1) is 22.7 Å². The predicted molar refractivity (Wildman–Crippen MR) is 131 cm³/mol. The number of benzene rings is 3. The highest BCUT2D eigenvalue weighted by molar-refractivity contribution is 7.16. The first kappa shape index (κ1) is 22.1. The van der Waals surface area contributed by atoms with Crippen LogP contribution in [0.3, 0.4) is 0 Å². The standard InChI is InChI=1S/C27H24N2O4S/c1-4-32-23(30)15-29-20-14-16(2)13-17(3)25(20)34-27(29)28-26(31)24-18-9-5-7-11-21(18)33-22-12-8-6-10-19(22)24/h5-14,24H,4,15H2,1-3H3. The number of hydrogen-bond acceptors (Lipinski definition) is 5. The van der Waals surface area contributed by atoms with Gasteiger partial charge >= 0.3 is 5.97 Å². The molecular formula is C27H24N2O4S. The lowest BCUT2D eigenvalue weighted by molar-refractivity contribution is -0.143. The van der Waals surface area contributed by atoms with Crippen LogP contribution in [-0.2, 0) is 20.9 Å². The molecule has 34 heavy (non-hydrogen) atoms. The molecule has 0 unspecified atom stereocenters. The van der Waals surface area contributed by atoms with Crippen molar-refractivity contribution in [3.8, 4) is 11.5 Å². The maximum absolute atomic E-state index is 13.7. The number of ether oxygens (including phenoxy) is 2. The second-order valence-electron chi connectivity index (χ2n) is 8.27. The predicted octanol–water partition coefficient (Wildman–Crippen LogP) is 5.25. The van der Waals surface area contributed by atoms with E-state index >= 15 is 0 Å². The van der Waals surface area contributed by atoms with Crippen molar-refractivity contribution in [3.05, 3.63) is 87.7 Å². The van der Waals surface area contributed by atoms with Crippen molar-refractivity contribution < 1.29 is 19.1 Å². The Balaban J connectivity index is 1.68. The van der Waals surface area contributed by atoms with E-state index in [9.17, 15) is 9.59 Å². The fraction of sp³-hybridized carbons (Fsp3) is 0.222. The van der Waals surface area contributed by atoms with Gasteiger partial charge in [0.25, 0.3) is 5.91 Å². The molecular weight excluding hydrogens is 448 g/mol. The summed E-state index contributed by atoms with van der Waals surface area (Å²) >= 11 is 1.41. The van der Waals surface area contributed by atoms with Crippen molar-refractivity contribution >= 4 is 33.4 Å². The second-order valence-corrected chi connectivity index (χ2v) is 9.24. The molecule has 0 fully saturated rings. The Kier molecular flexibility index (Phi) is 5.79. The van der Waals surface area contributed by atoms with Gasteiger partial charge in [0.2, 0.25) is 0 Å². The van der Waals surface area contributed by atoms with Gasteiger partial charge in [-0.1, -0.05) is 53.8 Å². The summed E-state index contributed by atoms with van der Waals surface area (Å²) in [5.41, 5.74) is 4.58. The molecule has 0 saturated heterocycles. The zero-order chi connectivity index (χ0) is 23.8. The number of fused-ring (bicyclic) bond motifs is 3. The molecule has 1 aromatic heterocycles. The first-order valence-electron chi connectivity index (χ1n) is 11.2. The van der Waals surface area contributed by atoms with Crippen LogP contribution in [-0.4, -0.2) is 23.1 Å². The lowest BCUT2D eigenvalue weighted by Crippen LogP contribution is -2.25. The maximum Gasteiger partial charge on any atom is 0.326 e. The molecule has 3 aromatic carbocycles. The lowest BCUT2D eigenvalue weighted by atomic mass is 9.87. The Morgan fingerprint density at radius 3 is 2.32 bits per heavy atom. The minimum atomic E-state index is -0.592. The van der Waals surface area contributed by atoms with Gasteiger partial charge in [-0.05, 0) is 50.1 Å². The number of hydrogen-bond donors (Lipinski definition) is 0. The minimum absolute atomic E-state index is 0.0101. The van der Waals surface area contributed by atoms with Crippen LogP contribution in [0.4, 0.5) is 0 Å². The van der Waals surface area contributed by atoms with Crippen molar-refractivity contribution in [2.24, 2.45) is 4.99 Å². The largest absolute Gasteiger partial charge is 0.465 e. The molecule has 0 aliphatic carbocycles. The van der Waals surface area contributed by atoms with Crippen LogP contribution in [0, 0.1) is 13.8 Å². The van der Waals surface area contributed by atoms with Crippen molar-refractivity contribution in [2.45, 2.75) is 33.2 Å². The normalized spacial score (nSPS) is 13.3. The van der Waals surface area contributed by atoms with Crippen LogP contribution in [0.25, 0.3) is 10.2 Å². The van der Waals surface area contributed by atoms with E-state index in [4.69, 9.17) is 9.47 Å². The van der Waals surface area contributed by atoms with E-state index in [-0.39, 0.29) is 18.4 Å². The topological polar surface area (TPSA) is 69.9 Å². The summed E-state index contributed by atoms with van der Waals surface area (Å²) in [5.74, 6) is 0.0397. The zero-order valence-electron chi connectivity index (χ0n) is 19.2. The molecule has 0 bridgehead atoms. The van der Waals surface area contributed by atoms with Crippen LogP contribution in [0.2, 0.25) is 0 Å². The van der Waals surface area contributed by atoms with E-state index in [1.807, 2.05) is 68.4 Å². The molecule has 4 aromatic rings. The Labute approximate surface area is 201 Å². The Bertz CT molecular complexity index is 1450. The Morgan fingerprint density at radius 2 is 1.68 bits per heavy atom. The molecule has 0 N–H and O–H groups in total. The summed E-state index contributed by atoms with van der Waals surface area (Å²) in [6.07, 6.45) is 0. The first-order chi connectivity index (χ1) is 16.5. The van der Waals surface area contributed by atoms with Crippen molar-refractivity contribution in [1.82, 2.24) is 4.57 Å². The Hall–Kier alpha value is -3.71. The number of para-hydroxylation sites is 2. The summed E-state index contributed by atoms with van der Waals surface area (Å²) in [6, 6.07) is 19.2. The molecule has 0 radical (unpaired) electrons. The monoisotopic (exact) mass is 472 g/mol. The molecule has 6 nitrogen and oxygen atoms in total. The van der Waals surface area contributed by atoms with Gasteiger partial charge in [-0.25, -0.2) is 0 Å². The van der Waals surface area contributed by atoms with E-state index in [2.05, 4.69) is 11.1 Å². The van der Waals surface area contributed by atoms with Crippen LogP contribution in [0.1, 0.15) is 35.1 Å². The van der Waals surface area contributed by atoms with E-state index in [0.29, 0.717) is 22.9 Å². The molecule has 0 saturated carbocycles. The third kappa shape index (κ3) is 3.92. The van der Waals surface area contributed by atoms with E-state index in [1.165, 1.54) is 11.3 Å². The van der Waals surface area contributed by atoms with Gasteiger partial charge in [-0.3, -0.25) is 9.59 Å². The van der Waals surface area contributed by atoms with Gasteiger partial charge in [0.15, 0.2) is 4.80 Å². The molecule has 1 aliphatic heterocycles. The first-order valence-corrected chi connectivity index (χ1v) is 12.0. The van der Waals surface area contributed by atoms with Crippen LogP contribution in [0.15, 0.2) is 65.7 Å². The molecule has 1 aliphatic rings. The fourth-order valence-corrected chi connectivity index (χ4v) is 5.51. The van der Waals surface area contributed by atoms with Gasteiger partial charge in [-0.2, -0.15) is 4.99 Å². The maximum atomic E-state index is 13.7. The number of amides is 1. The molecule has 5 rings (SSSR count). The van der Waals surface area contributed by atoms with Crippen LogP contribution >= 0.6 is 11.3 Å². The third-order valence-corrected chi connectivity index (χ3v) is 7.07. The summed E-state index contributed by atoms with van der Waals surface area (Å²) in [5, 5.41) is 0. The number of aryl methyl sites for hydroxylation is 2. The highest BCUT2D eigenvalue weighted by Crippen LogP contribution is 2.44. The minimum Gasteiger partial charge on any atom is -0.465 e. The number of thiazole rings is 1. The number of nitrogens with zero attached hydrogens (tertiary/aromatic N) is 2. The van der Waals surface area contributed by atoms with E-state index < -0.39 is 5.92 Å². The summed E-state index contributed by atoms with van der Waals surface area (Å²) in [6.45, 7) is 6.09. The van der Waals surface area contributed by atoms with Crippen molar-refractivity contribution in [2.75, 3.05) is 6.61 Å². The van der Waals surface area contributed by atoms with Crippen molar-refractivity contribution in [1.29, 1.82) is 0 Å². The third-order valence-electron chi connectivity index (χ3n) is 5.84. The average Bonchev–Trinajstić information content (AvgIpc) is 3.14. The average molecular weight is 473 g/mol. The molecule has 7 heteroatoms. The quantitative estimate of drug-likeness (QED) is 0.381. The molecule has 2 heterocycles. The Morgan fingerprint density at radius 1 is 1.03 bits per heavy atom. The van der Waals surface area contributed by atoms with E-state index in [1.54, 1.807) is 11.5 Å². The molecule has 1 amide bonds.